The van der Waals surface area contributed by atoms with Crippen LogP contribution in [0.15, 0.2) is 58.8 Å². The molecule has 3 aromatic rings. The Morgan fingerprint density at radius 3 is 2.61 bits per heavy atom. The number of carbonyl (C=O) groups excluding carboxylic acids is 1. The van der Waals surface area contributed by atoms with E-state index < -0.39 is 10.0 Å². The fourth-order valence-corrected chi connectivity index (χ4v) is 4.11. The number of aryl methyl sites for hydroxylation is 1. The average molecular weight is 416 g/mol. The zero-order valence-corrected chi connectivity index (χ0v) is 17.2. The van der Waals surface area contributed by atoms with E-state index in [0.29, 0.717) is 11.3 Å². The van der Waals surface area contributed by atoms with E-state index in [4.69, 9.17) is 5.14 Å². The molecule has 1 unspecified atom stereocenters. The van der Waals surface area contributed by atoms with E-state index >= 15 is 0 Å². The Hall–Kier alpha value is -2.55. The van der Waals surface area contributed by atoms with Crippen LogP contribution in [0.25, 0.3) is 10.6 Å². The van der Waals surface area contributed by atoms with Crippen LogP contribution < -0.4 is 10.5 Å². The first-order chi connectivity index (χ1) is 13.2. The van der Waals surface area contributed by atoms with E-state index in [0.717, 1.165) is 10.6 Å². The van der Waals surface area contributed by atoms with Crippen molar-refractivity contribution in [1.29, 1.82) is 0 Å². The highest BCUT2D eigenvalue weighted by atomic mass is 32.2. The molecule has 8 heteroatoms. The number of amides is 1. The Labute approximate surface area is 168 Å². The summed E-state index contributed by atoms with van der Waals surface area (Å²) in [6.07, 6.45) is 0.154. The molecule has 0 fully saturated rings. The molecule has 28 heavy (non-hydrogen) atoms. The van der Waals surface area contributed by atoms with Gasteiger partial charge in [0.2, 0.25) is 15.9 Å². The second-order valence-corrected chi connectivity index (χ2v) is 9.01. The second kappa shape index (κ2) is 8.22. The van der Waals surface area contributed by atoms with Crippen LogP contribution in [-0.4, -0.2) is 19.3 Å². The average Bonchev–Trinajstić information content (AvgIpc) is 3.10. The molecule has 146 valence electrons. The van der Waals surface area contributed by atoms with Gasteiger partial charge in [0, 0.05) is 10.9 Å². The summed E-state index contributed by atoms with van der Waals surface area (Å²) >= 11 is 1.50. The second-order valence-electron chi connectivity index (χ2n) is 6.59. The molecule has 0 radical (unpaired) electrons. The molecule has 1 heterocycles. The first-order valence-corrected chi connectivity index (χ1v) is 11.1. The number of primary sulfonamides is 1. The normalized spacial score (nSPS) is 12.5. The Kier molecular flexibility index (Phi) is 5.93. The summed E-state index contributed by atoms with van der Waals surface area (Å²) in [4.78, 5) is 16.9. The Morgan fingerprint density at radius 1 is 1.21 bits per heavy atom. The minimum absolute atomic E-state index is 0.0216. The van der Waals surface area contributed by atoms with Crippen molar-refractivity contribution in [1.82, 2.24) is 10.3 Å². The van der Waals surface area contributed by atoms with Gasteiger partial charge in [0.05, 0.1) is 23.1 Å². The maximum atomic E-state index is 12.4. The van der Waals surface area contributed by atoms with Crippen molar-refractivity contribution in [2.24, 2.45) is 5.14 Å². The monoisotopic (exact) mass is 415 g/mol. The van der Waals surface area contributed by atoms with Crippen molar-refractivity contribution in [2.45, 2.75) is 31.2 Å². The van der Waals surface area contributed by atoms with Gasteiger partial charge < -0.3 is 5.32 Å². The smallest absolute Gasteiger partial charge is 0.238 e. The fraction of sp³-hybridized carbons (Fsp3) is 0.200. The molecule has 0 aliphatic carbocycles. The highest BCUT2D eigenvalue weighted by Gasteiger charge is 2.15. The Bertz CT molecular complexity index is 1090. The summed E-state index contributed by atoms with van der Waals surface area (Å²) < 4.78 is 23.0. The predicted molar refractivity (Wildman–Crippen MR) is 110 cm³/mol. The Balaban J connectivity index is 1.65. The van der Waals surface area contributed by atoms with Crippen molar-refractivity contribution in [2.75, 3.05) is 0 Å². The van der Waals surface area contributed by atoms with Gasteiger partial charge in [-0.1, -0.05) is 42.0 Å². The zero-order valence-electron chi connectivity index (χ0n) is 15.5. The first kappa shape index (κ1) is 20.2. The lowest BCUT2D eigenvalue weighted by atomic mass is 10.1. The van der Waals surface area contributed by atoms with Crippen molar-refractivity contribution in [3.8, 4) is 10.6 Å². The Morgan fingerprint density at radius 2 is 1.93 bits per heavy atom. The van der Waals surface area contributed by atoms with Crippen LogP contribution in [0.4, 0.5) is 0 Å². The van der Waals surface area contributed by atoms with Crippen LogP contribution in [0, 0.1) is 6.92 Å². The number of benzene rings is 2. The molecule has 6 nitrogen and oxygen atoms in total. The third-order valence-electron chi connectivity index (χ3n) is 4.26. The molecule has 0 aliphatic rings. The van der Waals surface area contributed by atoms with Crippen LogP contribution in [0.3, 0.4) is 0 Å². The highest BCUT2D eigenvalue weighted by Crippen LogP contribution is 2.24. The number of nitrogens with zero attached hydrogens (tertiary/aromatic N) is 1. The number of hydrogen-bond acceptors (Lipinski definition) is 5. The lowest BCUT2D eigenvalue weighted by molar-refractivity contribution is -0.121. The van der Waals surface area contributed by atoms with Gasteiger partial charge in [-0.05, 0) is 31.5 Å². The van der Waals surface area contributed by atoms with Crippen LogP contribution >= 0.6 is 11.3 Å². The van der Waals surface area contributed by atoms with Crippen LogP contribution in [-0.2, 0) is 21.2 Å². The van der Waals surface area contributed by atoms with Crippen LogP contribution in [0.1, 0.15) is 29.8 Å². The minimum atomic E-state index is -3.78. The standard InChI is InChI=1S/C20H21N3O3S2/c1-13-6-8-15(9-7-13)20-23-17(12-27-20)11-19(24)22-14(2)16-4-3-5-18(10-16)28(21,25)26/h3-10,12,14H,11H2,1-2H3,(H,22,24)(H2,21,25,26). The number of sulfonamides is 1. The van der Waals surface area contributed by atoms with Crippen molar-refractivity contribution >= 4 is 27.3 Å². The maximum absolute atomic E-state index is 12.4. The first-order valence-electron chi connectivity index (χ1n) is 8.66. The molecule has 3 N–H and O–H groups in total. The van der Waals surface area contributed by atoms with E-state index in [1.54, 1.807) is 19.1 Å². The van der Waals surface area contributed by atoms with Gasteiger partial charge in [0.15, 0.2) is 0 Å². The fourth-order valence-electron chi connectivity index (χ4n) is 2.72. The number of nitrogens with one attached hydrogen (secondary N) is 1. The van der Waals surface area contributed by atoms with E-state index in [1.807, 2.05) is 36.6 Å². The summed E-state index contributed by atoms with van der Waals surface area (Å²) in [6, 6.07) is 14.0. The molecular formula is C20H21N3O3S2. The summed E-state index contributed by atoms with van der Waals surface area (Å²) in [5.41, 5.74) is 3.57. The lowest BCUT2D eigenvalue weighted by Gasteiger charge is -2.14. The third-order valence-corrected chi connectivity index (χ3v) is 6.11. The SMILES string of the molecule is Cc1ccc(-c2nc(CC(=O)NC(C)c3cccc(S(N)(=O)=O)c3)cs2)cc1. The van der Waals surface area contributed by atoms with Gasteiger partial charge in [-0.15, -0.1) is 11.3 Å². The molecule has 0 spiro atoms. The molecule has 0 bridgehead atoms. The van der Waals surface area contributed by atoms with Gasteiger partial charge in [-0.3, -0.25) is 4.79 Å². The van der Waals surface area contributed by atoms with Gasteiger partial charge in [-0.2, -0.15) is 0 Å². The van der Waals surface area contributed by atoms with Crippen molar-refractivity contribution in [3.05, 3.63) is 70.7 Å². The number of nitrogens with two attached hydrogens (primary N) is 1. The maximum Gasteiger partial charge on any atom is 0.238 e. The number of carbonyl (C=O) groups is 1. The quantitative estimate of drug-likeness (QED) is 0.645. The van der Waals surface area contributed by atoms with E-state index in [2.05, 4.69) is 10.3 Å². The van der Waals surface area contributed by atoms with Crippen molar-refractivity contribution in [3.63, 3.8) is 0 Å². The van der Waals surface area contributed by atoms with Crippen LogP contribution in [0.5, 0.6) is 0 Å². The topological polar surface area (TPSA) is 102 Å². The number of aromatic nitrogens is 1. The summed E-state index contributed by atoms with van der Waals surface area (Å²) in [6.45, 7) is 3.82. The van der Waals surface area contributed by atoms with Gasteiger partial charge in [-0.25, -0.2) is 18.5 Å². The van der Waals surface area contributed by atoms with Crippen molar-refractivity contribution < 1.29 is 13.2 Å². The highest BCUT2D eigenvalue weighted by molar-refractivity contribution is 7.89. The predicted octanol–water partition coefficient (Wildman–Crippen LogP) is 3.19. The third kappa shape index (κ3) is 5.03. The van der Waals surface area contributed by atoms with Gasteiger partial charge in [0.1, 0.15) is 5.01 Å². The van der Waals surface area contributed by atoms with Gasteiger partial charge in [0.25, 0.3) is 0 Å². The molecular weight excluding hydrogens is 394 g/mol. The molecule has 2 aromatic carbocycles. The number of hydrogen-bond donors (Lipinski definition) is 2. The largest absolute Gasteiger partial charge is 0.349 e. The number of rotatable bonds is 6. The lowest BCUT2D eigenvalue weighted by Crippen LogP contribution is -2.28. The molecule has 0 saturated heterocycles. The molecule has 1 atom stereocenters. The van der Waals surface area contributed by atoms with E-state index in [-0.39, 0.29) is 23.3 Å². The van der Waals surface area contributed by atoms with Crippen LogP contribution in [0.2, 0.25) is 0 Å². The molecule has 3 rings (SSSR count). The molecule has 1 aromatic heterocycles. The summed E-state index contributed by atoms with van der Waals surface area (Å²) in [5, 5.41) is 10.8. The summed E-state index contributed by atoms with van der Waals surface area (Å²) in [7, 11) is -3.78. The minimum Gasteiger partial charge on any atom is -0.349 e. The van der Waals surface area contributed by atoms with Gasteiger partial charge >= 0.3 is 0 Å². The zero-order chi connectivity index (χ0) is 20.3. The number of thiazole rings is 1. The molecule has 1 amide bonds. The molecule has 0 aliphatic heterocycles. The summed E-state index contributed by atoms with van der Waals surface area (Å²) in [5.74, 6) is -0.186. The van der Waals surface area contributed by atoms with E-state index in [1.165, 1.54) is 29.0 Å². The van der Waals surface area contributed by atoms with E-state index in [9.17, 15) is 13.2 Å². The molecule has 0 saturated carbocycles.